The van der Waals surface area contributed by atoms with Crippen LogP contribution in [0.1, 0.15) is 32.4 Å². The summed E-state index contributed by atoms with van der Waals surface area (Å²) in [4.78, 5) is 20.5. The van der Waals surface area contributed by atoms with Gasteiger partial charge in [0.05, 0.1) is 19.3 Å². The standard InChI is InChI=1S/C17H28N4O2/c1-13(21-9-10-23-12-14(21)2)11-19-17(22)20(4)15(3)16-5-7-18-8-6-16/h5-8,13-15H,9-12H2,1-4H3,(H,19,22). The molecule has 2 amide bonds. The molecule has 0 aromatic carbocycles. The first-order chi connectivity index (χ1) is 11.0. The molecule has 6 heteroatoms. The second-order valence-electron chi connectivity index (χ2n) is 6.26. The van der Waals surface area contributed by atoms with Gasteiger partial charge in [0.15, 0.2) is 0 Å². The van der Waals surface area contributed by atoms with Gasteiger partial charge in [-0.1, -0.05) is 0 Å². The molecule has 3 atom stereocenters. The average molecular weight is 320 g/mol. The molecule has 2 rings (SSSR count). The van der Waals surface area contributed by atoms with Crippen molar-refractivity contribution < 1.29 is 9.53 Å². The fourth-order valence-corrected chi connectivity index (χ4v) is 2.91. The largest absolute Gasteiger partial charge is 0.379 e. The highest BCUT2D eigenvalue weighted by Crippen LogP contribution is 2.17. The fraction of sp³-hybridized carbons (Fsp3) is 0.647. The van der Waals surface area contributed by atoms with Gasteiger partial charge in [0.25, 0.3) is 0 Å². The van der Waals surface area contributed by atoms with Gasteiger partial charge in [-0.15, -0.1) is 0 Å². The van der Waals surface area contributed by atoms with Crippen molar-refractivity contribution in [3.8, 4) is 0 Å². The van der Waals surface area contributed by atoms with E-state index in [1.165, 1.54) is 0 Å². The molecule has 23 heavy (non-hydrogen) atoms. The summed E-state index contributed by atoms with van der Waals surface area (Å²) in [7, 11) is 1.82. The lowest BCUT2D eigenvalue weighted by Gasteiger charge is -2.38. The van der Waals surface area contributed by atoms with Crippen LogP contribution >= 0.6 is 0 Å². The number of nitrogens with zero attached hydrogens (tertiary/aromatic N) is 3. The Morgan fingerprint density at radius 1 is 1.48 bits per heavy atom. The number of morpholine rings is 1. The summed E-state index contributed by atoms with van der Waals surface area (Å²) in [5.74, 6) is 0. The SMILES string of the molecule is CC(c1ccncc1)N(C)C(=O)NCC(C)N1CCOCC1C. The number of rotatable bonds is 5. The first kappa shape index (κ1) is 17.7. The van der Waals surface area contributed by atoms with E-state index in [2.05, 4.69) is 29.0 Å². The summed E-state index contributed by atoms with van der Waals surface area (Å²) < 4.78 is 5.46. The van der Waals surface area contributed by atoms with Crippen molar-refractivity contribution in [2.45, 2.75) is 38.9 Å². The van der Waals surface area contributed by atoms with E-state index in [4.69, 9.17) is 4.74 Å². The molecular weight excluding hydrogens is 292 g/mol. The molecule has 1 aliphatic heterocycles. The molecule has 128 valence electrons. The first-order valence-corrected chi connectivity index (χ1v) is 8.24. The zero-order valence-corrected chi connectivity index (χ0v) is 14.5. The number of ether oxygens (including phenoxy) is 1. The third kappa shape index (κ3) is 4.65. The lowest BCUT2D eigenvalue weighted by atomic mass is 10.1. The van der Waals surface area contributed by atoms with Gasteiger partial charge in [0.2, 0.25) is 0 Å². The van der Waals surface area contributed by atoms with E-state index in [0.29, 0.717) is 18.6 Å². The van der Waals surface area contributed by atoms with Crippen molar-refractivity contribution in [2.75, 3.05) is 33.4 Å². The van der Waals surface area contributed by atoms with Crippen LogP contribution in [-0.2, 0) is 4.74 Å². The van der Waals surface area contributed by atoms with Gasteiger partial charge in [-0.05, 0) is 38.5 Å². The summed E-state index contributed by atoms with van der Waals surface area (Å²) in [6.45, 7) is 9.41. The summed E-state index contributed by atoms with van der Waals surface area (Å²) >= 11 is 0. The summed E-state index contributed by atoms with van der Waals surface area (Å²) in [5.41, 5.74) is 1.08. The number of nitrogens with one attached hydrogen (secondary N) is 1. The Hall–Kier alpha value is -1.66. The van der Waals surface area contributed by atoms with Crippen LogP contribution in [0.2, 0.25) is 0 Å². The normalized spacial score (nSPS) is 21.5. The second kappa shape index (κ2) is 8.26. The van der Waals surface area contributed by atoms with Gasteiger partial charge in [0.1, 0.15) is 0 Å². The number of carbonyl (C=O) groups excluding carboxylic acids is 1. The van der Waals surface area contributed by atoms with Gasteiger partial charge < -0.3 is 15.0 Å². The van der Waals surface area contributed by atoms with E-state index in [9.17, 15) is 4.79 Å². The zero-order chi connectivity index (χ0) is 16.8. The van der Waals surface area contributed by atoms with E-state index in [1.807, 2.05) is 26.1 Å². The number of carbonyl (C=O) groups is 1. The van der Waals surface area contributed by atoms with Gasteiger partial charge in [-0.3, -0.25) is 9.88 Å². The molecule has 0 aliphatic carbocycles. The Labute approximate surface area is 138 Å². The monoisotopic (exact) mass is 320 g/mol. The first-order valence-electron chi connectivity index (χ1n) is 8.24. The lowest BCUT2D eigenvalue weighted by Crippen LogP contribution is -2.53. The van der Waals surface area contributed by atoms with Crippen LogP contribution < -0.4 is 5.32 Å². The molecule has 0 saturated carbocycles. The summed E-state index contributed by atoms with van der Waals surface area (Å²) in [6.07, 6.45) is 3.50. The Morgan fingerprint density at radius 2 is 2.17 bits per heavy atom. The molecule has 1 aliphatic rings. The minimum atomic E-state index is -0.0536. The molecule has 1 saturated heterocycles. The number of urea groups is 1. The highest BCUT2D eigenvalue weighted by Gasteiger charge is 2.24. The maximum atomic E-state index is 12.4. The fourth-order valence-electron chi connectivity index (χ4n) is 2.91. The molecule has 2 heterocycles. The third-order valence-corrected chi connectivity index (χ3v) is 4.62. The van der Waals surface area contributed by atoms with Crippen LogP contribution in [0.5, 0.6) is 0 Å². The van der Waals surface area contributed by atoms with Crippen LogP contribution in [0.4, 0.5) is 4.79 Å². The van der Waals surface area contributed by atoms with Crippen molar-refractivity contribution in [1.82, 2.24) is 20.1 Å². The van der Waals surface area contributed by atoms with Crippen LogP contribution in [0.15, 0.2) is 24.5 Å². The van der Waals surface area contributed by atoms with Crippen molar-refractivity contribution in [2.24, 2.45) is 0 Å². The second-order valence-corrected chi connectivity index (χ2v) is 6.26. The van der Waals surface area contributed by atoms with E-state index in [1.54, 1.807) is 17.3 Å². The maximum absolute atomic E-state index is 12.4. The molecule has 0 radical (unpaired) electrons. The molecule has 6 nitrogen and oxygen atoms in total. The van der Waals surface area contributed by atoms with E-state index >= 15 is 0 Å². The van der Waals surface area contributed by atoms with Crippen molar-refractivity contribution in [1.29, 1.82) is 0 Å². The summed E-state index contributed by atoms with van der Waals surface area (Å²) in [6, 6.07) is 4.52. The molecule has 1 fully saturated rings. The van der Waals surface area contributed by atoms with Gasteiger partial charge >= 0.3 is 6.03 Å². The minimum absolute atomic E-state index is 0.00983. The average Bonchev–Trinajstić information content (AvgIpc) is 2.59. The predicted octanol–water partition coefficient (Wildman–Crippen LogP) is 1.89. The number of aromatic nitrogens is 1. The summed E-state index contributed by atoms with van der Waals surface area (Å²) in [5, 5.41) is 3.04. The molecular formula is C17H28N4O2. The highest BCUT2D eigenvalue weighted by atomic mass is 16.5. The molecule has 3 unspecified atom stereocenters. The van der Waals surface area contributed by atoms with Crippen molar-refractivity contribution in [3.63, 3.8) is 0 Å². The predicted molar refractivity (Wildman–Crippen MR) is 90.3 cm³/mol. The van der Waals surface area contributed by atoms with Gasteiger partial charge in [0, 0.05) is 44.6 Å². The Kier molecular flexibility index (Phi) is 6.36. The zero-order valence-electron chi connectivity index (χ0n) is 14.5. The molecule has 0 bridgehead atoms. The molecule has 1 aromatic heterocycles. The van der Waals surface area contributed by atoms with E-state index in [-0.39, 0.29) is 12.1 Å². The quantitative estimate of drug-likeness (QED) is 0.900. The number of hydrogen-bond acceptors (Lipinski definition) is 4. The third-order valence-electron chi connectivity index (χ3n) is 4.62. The van der Waals surface area contributed by atoms with E-state index in [0.717, 1.165) is 25.3 Å². The Bertz CT molecular complexity index is 497. The molecule has 1 N–H and O–H groups in total. The van der Waals surface area contributed by atoms with E-state index < -0.39 is 0 Å². The maximum Gasteiger partial charge on any atom is 0.317 e. The Balaban J connectivity index is 1.84. The number of pyridine rings is 1. The minimum Gasteiger partial charge on any atom is -0.379 e. The molecule has 1 aromatic rings. The van der Waals surface area contributed by atoms with Crippen molar-refractivity contribution in [3.05, 3.63) is 30.1 Å². The van der Waals surface area contributed by atoms with Crippen LogP contribution in [0, 0.1) is 0 Å². The number of hydrogen-bond donors (Lipinski definition) is 1. The smallest absolute Gasteiger partial charge is 0.317 e. The van der Waals surface area contributed by atoms with Crippen LogP contribution in [0.25, 0.3) is 0 Å². The topological polar surface area (TPSA) is 57.7 Å². The van der Waals surface area contributed by atoms with Crippen molar-refractivity contribution >= 4 is 6.03 Å². The van der Waals surface area contributed by atoms with Crippen LogP contribution in [-0.4, -0.2) is 66.2 Å². The number of amides is 2. The van der Waals surface area contributed by atoms with Gasteiger partial charge in [-0.2, -0.15) is 0 Å². The highest BCUT2D eigenvalue weighted by molar-refractivity contribution is 5.74. The lowest BCUT2D eigenvalue weighted by molar-refractivity contribution is -0.0178. The van der Waals surface area contributed by atoms with Gasteiger partial charge in [-0.25, -0.2) is 4.79 Å². The Morgan fingerprint density at radius 3 is 2.83 bits per heavy atom. The van der Waals surface area contributed by atoms with Crippen LogP contribution in [0.3, 0.4) is 0 Å². The molecule has 0 spiro atoms.